The van der Waals surface area contributed by atoms with Crippen LogP contribution >= 0.6 is 15.6 Å². The minimum absolute atomic E-state index is 0.107. The Morgan fingerprint density at radius 1 is 0.284 bits per heavy atom. The maximum absolute atomic E-state index is 13.1. The highest BCUT2D eigenvalue weighted by atomic mass is 31.2. The summed E-state index contributed by atoms with van der Waals surface area (Å²) in [7, 11) is -9.92. The van der Waals surface area contributed by atoms with Crippen molar-refractivity contribution >= 4 is 39.5 Å². The van der Waals surface area contributed by atoms with Gasteiger partial charge in [0, 0.05) is 25.7 Å². The molecule has 17 nitrogen and oxygen atoms in total. The van der Waals surface area contributed by atoms with Gasteiger partial charge in [-0.1, -0.05) is 382 Å². The van der Waals surface area contributed by atoms with E-state index < -0.39 is 97.5 Å². The molecule has 0 aliphatic rings. The van der Waals surface area contributed by atoms with Gasteiger partial charge in [-0.05, 0) is 43.4 Å². The monoisotopic (exact) mass is 1490 g/mol. The lowest BCUT2D eigenvalue weighted by molar-refractivity contribution is -0.161. The molecule has 0 saturated heterocycles. The van der Waals surface area contributed by atoms with Crippen molar-refractivity contribution in [1.29, 1.82) is 0 Å². The highest BCUT2D eigenvalue weighted by molar-refractivity contribution is 7.47. The van der Waals surface area contributed by atoms with E-state index in [1.165, 1.54) is 244 Å². The summed E-state index contributed by atoms with van der Waals surface area (Å²) >= 11 is 0. The normalized spacial score (nSPS) is 14.5. The van der Waals surface area contributed by atoms with Crippen molar-refractivity contribution in [3.63, 3.8) is 0 Å². The number of phosphoric ester groups is 2. The molecule has 0 aromatic carbocycles. The quantitative estimate of drug-likeness (QED) is 0.0222. The van der Waals surface area contributed by atoms with E-state index in [4.69, 9.17) is 37.0 Å². The average Bonchev–Trinajstić information content (AvgIpc) is 0.930. The van der Waals surface area contributed by atoms with E-state index in [0.29, 0.717) is 25.7 Å². The molecule has 0 fully saturated rings. The van der Waals surface area contributed by atoms with Crippen LogP contribution in [0.4, 0.5) is 0 Å². The lowest BCUT2D eigenvalue weighted by atomic mass is 9.99. The van der Waals surface area contributed by atoms with Gasteiger partial charge in [0.2, 0.25) is 0 Å². The largest absolute Gasteiger partial charge is 0.472 e. The fourth-order valence-corrected chi connectivity index (χ4v) is 14.4. The number of hydrogen-bond donors (Lipinski definition) is 3. The van der Waals surface area contributed by atoms with Crippen LogP contribution < -0.4 is 0 Å². The Morgan fingerprint density at radius 2 is 0.500 bits per heavy atom. The van der Waals surface area contributed by atoms with Gasteiger partial charge >= 0.3 is 39.5 Å². The fraction of sp³-hybridized carbons (Fsp3) is 0.952. The Balaban J connectivity index is 5.23. The SMILES string of the molecule is CCCCCCCCCCCCCCC(=O)OC[C@H](COP(=O)(O)OC[C@H](O)COP(=O)(O)OC[C@@H](COC(=O)CCCCCCCCCCCCCC(C)C)OC(=O)CCCCCCCCCCCCCCCCCCCCC(C)CC)OC(=O)CCCCCCCCCCCCC(C)CC. The molecule has 0 aliphatic heterocycles. The predicted molar refractivity (Wildman–Crippen MR) is 418 cm³/mol. The van der Waals surface area contributed by atoms with E-state index in [-0.39, 0.29) is 25.7 Å². The molecule has 3 N–H and O–H groups in total. The van der Waals surface area contributed by atoms with Crippen molar-refractivity contribution in [1.82, 2.24) is 0 Å². The topological polar surface area (TPSA) is 237 Å². The molecule has 0 radical (unpaired) electrons. The van der Waals surface area contributed by atoms with Crippen LogP contribution in [0.15, 0.2) is 0 Å². The highest BCUT2D eigenvalue weighted by Crippen LogP contribution is 2.45. The summed E-state index contributed by atoms with van der Waals surface area (Å²) in [6.07, 6.45) is 62.3. The number of carbonyl (C=O) groups excluding carboxylic acids is 4. The molecular weight excluding hydrogens is 1330 g/mol. The third-order valence-corrected chi connectivity index (χ3v) is 22.0. The van der Waals surface area contributed by atoms with E-state index in [2.05, 4.69) is 48.5 Å². The van der Waals surface area contributed by atoms with Crippen LogP contribution in [-0.2, 0) is 65.4 Å². The molecule has 0 aromatic rings. The van der Waals surface area contributed by atoms with Crippen LogP contribution in [0, 0.1) is 17.8 Å². The zero-order valence-electron chi connectivity index (χ0n) is 67.1. The number of unbranched alkanes of at least 4 members (excludes halogenated alkanes) is 47. The van der Waals surface area contributed by atoms with Gasteiger partial charge < -0.3 is 33.8 Å². The van der Waals surface area contributed by atoms with Crippen molar-refractivity contribution in [2.75, 3.05) is 39.6 Å². The summed E-state index contributed by atoms with van der Waals surface area (Å²) < 4.78 is 68.8. The molecule has 0 bridgehead atoms. The van der Waals surface area contributed by atoms with Crippen LogP contribution in [-0.4, -0.2) is 96.7 Å². The number of aliphatic hydroxyl groups excluding tert-OH is 1. The molecule has 0 rings (SSSR count). The third kappa shape index (κ3) is 73.6. The molecule has 7 atom stereocenters. The maximum atomic E-state index is 13.1. The van der Waals surface area contributed by atoms with Gasteiger partial charge in [-0.2, -0.15) is 0 Å². The first-order valence-corrected chi connectivity index (χ1v) is 45.9. The fourth-order valence-electron chi connectivity index (χ4n) is 12.8. The average molecular weight is 1490 g/mol. The predicted octanol–water partition coefficient (Wildman–Crippen LogP) is 24.9. The first-order valence-electron chi connectivity index (χ1n) is 42.9. The Morgan fingerprint density at radius 3 is 0.745 bits per heavy atom. The smallest absolute Gasteiger partial charge is 0.462 e. The third-order valence-electron chi connectivity index (χ3n) is 20.1. The van der Waals surface area contributed by atoms with Gasteiger partial charge in [0.25, 0.3) is 0 Å². The minimum atomic E-state index is -4.96. The van der Waals surface area contributed by atoms with Crippen LogP contribution in [0.25, 0.3) is 0 Å². The summed E-state index contributed by atoms with van der Waals surface area (Å²) in [6, 6.07) is 0. The molecule has 606 valence electrons. The molecule has 0 saturated carbocycles. The van der Waals surface area contributed by atoms with Crippen molar-refractivity contribution < 1.29 is 80.2 Å². The van der Waals surface area contributed by atoms with Crippen molar-refractivity contribution in [3.05, 3.63) is 0 Å². The number of aliphatic hydroxyl groups is 1. The van der Waals surface area contributed by atoms with Gasteiger partial charge in [0.15, 0.2) is 12.2 Å². The molecule has 0 amide bonds. The molecule has 0 aliphatic carbocycles. The Hall–Kier alpha value is -1.94. The first kappa shape index (κ1) is 100. The summed E-state index contributed by atoms with van der Waals surface area (Å²) in [6.45, 7) is 12.0. The second-order valence-corrected chi connectivity index (χ2v) is 33.7. The van der Waals surface area contributed by atoms with E-state index in [9.17, 15) is 43.2 Å². The van der Waals surface area contributed by atoms with Crippen LogP contribution in [0.2, 0.25) is 0 Å². The standard InChI is InChI=1S/C83H162O17P2/c1-8-11-12-13-14-15-16-28-36-43-50-57-64-80(85)93-71-79(100-83(88)67-60-53-46-39-32-31-35-42-49-56-63-76(7)10-3)73-98-102(91,92)96-69-77(84)68-95-101(89,90)97-72-78(70-94-81(86)65-58-51-44-37-30-25-26-33-40-47-54-61-74(4)5)99-82(87)66-59-52-45-38-29-24-22-20-18-17-19-21-23-27-34-41-48-55-62-75(6)9-2/h74-79,84H,8-73H2,1-7H3,(H,89,90)(H,91,92)/t75?,76?,77-,78-,79-/m1/s1. The highest BCUT2D eigenvalue weighted by Gasteiger charge is 2.30. The van der Waals surface area contributed by atoms with E-state index in [1.807, 2.05) is 0 Å². The Kier molecular flexibility index (Phi) is 71.8. The second kappa shape index (κ2) is 73.2. The van der Waals surface area contributed by atoms with Crippen LogP contribution in [0.1, 0.15) is 434 Å². The molecule has 19 heteroatoms. The van der Waals surface area contributed by atoms with Gasteiger partial charge in [0.05, 0.1) is 26.4 Å². The van der Waals surface area contributed by atoms with Gasteiger partial charge in [-0.3, -0.25) is 37.3 Å². The van der Waals surface area contributed by atoms with E-state index in [0.717, 1.165) is 108 Å². The summed E-state index contributed by atoms with van der Waals surface area (Å²) in [5.74, 6) is 0.337. The zero-order chi connectivity index (χ0) is 75.1. The van der Waals surface area contributed by atoms with Gasteiger partial charge in [-0.25, -0.2) is 9.13 Å². The van der Waals surface area contributed by atoms with Crippen molar-refractivity contribution in [2.24, 2.45) is 17.8 Å². The number of hydrogen-bond acceptors (Lipinski definition) is 15. The first-order chi connectivity index (χ1) is 49.3. The molecular formula is C83H162O17P2. The minimum Gasteiger partial charge on any atom is -0.462 e. The van der Waals surface area contributed by atoms with Crippen LogP contribution in [0.3, 0.4) is 0 Å². The number of phosphoric acid groups is 2. The number of carbonyl (C=O) groups is 4. The lowest BCUT2D eigenvalue weighted by Crippen LogP contribution is -2.30. The lowest BCUT2D eigenvalue weighted by Gasteiger charge is -2.21. The molecule has 102 heavy (non-hydrogen) atoms. The number of esters is 4. The molecule has 4 unspecified atom stereocenters. The molecule has 0 spiro atoms. The second-order valence-electron chi connectivity index (χ2n) is 30.8. The van der Waals surface area contributed by atoms with Gasteiger partial charge in [-0.15, -0.1) is 0 Å². The Bertz CT molecular complexity index is 1980. The van der Waals surface area contributed by atoms with Crippen molar-refractivity contribution in [2.45, 2.75) is 452 Å². The van der Waals surface area contributed by atoms with Gasteiger partial charge in [0.1, 0.15) is 19.3 Å². The summed E-state index contributed by atoms with van der Waals surface area (Å²) in [5, 5.41) is 10.7. The summed E-state index contributed by atoms with van der Waals surface area (Å²) in [4.78, 5) is 73.1. The van der Waals surface area contributed by atoms with E-state index >= 15 is 0 Å². The van der Waals surface area contributed by atoms with Crippen molar-refractivity contribution in [3.8, 4) is 0 Å². The zero-order valence-corrected chi connectivity index (χ0v) is 68.9. The van der Waals surface area contributed by atoms with Crippen LogP contribution in [0.5, 0.6) is 0 Å². The maximum Gasteiger partial charge on any atom is 0.472 e. The number of rotatable bonds is 81. The summed E-state index contributed by atoms with van der Waals surface area (Å²) in [5.41, 5.74) is 0. The number of ether oxygens (including phenoxy) is 4. The molecule has 0 heterocycles. The molecule has 0 aromatic heterocycles. The van der Waals surface area contributed by atoms with E-state index in [1.54, 1.807) is 0 Å². The Labute approximate surface area is 626 Å².